The highest BCUT2D eigenvalue weighted by Crippen LogP contribution is 2.32. The molecule has 0 spiro atoms. The molecule has 1 fully saturated rings. The van der Waals surface area contributed by atoms with Gasteiger partial charge in [-0.1, -0.05) is 13.8 Å². The van der Waals surface area contributed by atoms with E-state index in [1.54, 1.807) is 0 Å². The summed E-state index contributed by atoms with van der Waals surface area (Å²) >= 11 is 0. The molecule has 0 bridgehead atoms. The fourth-order valence-electron chi connectivity index (χ4n) is 2.42. The zero-order chi connectivity index (χ0) is 17.0. The Hall–Kier alpha value is -1.06. The Labute approximate surface area is 134 Å². The Morgan fingerprint density at radius 1 is 0.773 bits per heavy atom. The molecule has 1 aliphatic carbocycles. The van der Waals surface area contributed by atoms with Crippen LogP contribution >= 0.6 is 0 Å². The van der Waals surface area contributed by atoms with Gasteiger partial charge in [-0.25, -0.2) is 0 Å². The summed E-state index contributed by atoms with van der Waals surface area (Å²) < 4.78 is 11.1. The van der Waals surface area contributed by atoms with Gasteiger partial charge in [0.1, 0.15) is 11.2 Å². The van der Waals surface area contributed by atoms with Crippen molar-refractivity contribution in [1.82, 2.24) is 0 Å². The van der Waals surface area contributed by atoms with E-state index in [2.05, 4.69) is 0 Å². The Bertz CT molecular complexity index is 352. The summed E-state index contributed by atoms with van der Waals surface area (Å²) in [6, 6.07) is 0. The van der Waals surface area contributed by atoms with Gasteiger partial charge in [-0.15, -0.1) is 0 Å². The molecule has 128 valence electrons. The normalized spacial score (nSPS) is 23.0. The van der Waals surface area contributed by atoms with Gasteiger partial charge in [0.2, 0.25) is 0 Å². The second-order valence-electron chi connectivity index (χ2n) is 7.62. The van der Waals surface area contributed by atoms with E-state index < -0.39 is 11.2 Å². The van der Waals surface area contributed by atoms with Crippen LogP contribution in [0.3, 0.4) is 0 Å². The number of hydrogen-bond acceptors (Lipinski definition) is 4. The van der Waals surface area contributed by atoms with Gasteiger partial charge in [-0.2, -0.15) is 0 Å². The van der Waals surface area contributed by atoms with E-state index in [0.717, 1.165) is 12.8 Å². The Morgan fingerprint density at radius 3 is 1.27 bits per heavy atom. The van der Waals surface area contributed by atoms with Crippen molar-refractivity contribution in [3.8, 4) is 0 Å². The third-order valence-corrected chi connectivity index (χ3v) is 4.85. The third kappa shape index (κ3) is 5.62. The first-order chi connectivity index (χ1) is 10.1. The largest absolute Gasteiger partial charge is 0.459 e. The Morgan fingerprint density at radius 2 is 1.05 bits per heavy atom. The molecule has 0 aromatic heterocycles. The lowest BCUT2D eigenvalue weighted by atomic mass is 9.82. The molecule has 0 aliphatic heterocycles. The summed E-state index contributed by atoms with van der Waals surface area (Å²) in [7, 11) is 0. The molecule has 0 saturated heterocycles. The molecule has 1 saturated carbocycles. The number of esters is 2. The number of rotatable bonds is 6. The van der Waals surface area contributed by atoms with Gasteiger partial charge in [0.25, 0.3) is 0 Å². The van der Waals surface area contributed by atoms with Crippen molar-refractivity contribution in [2.45, 2.75) is 91.3 Å². The van der Waals surface area contributed by atoms with Crippen LogP contribution in [0.5, 0.6) is 0 Å². The lowest BCUT2D eigenvalue weighted by Crippen LogP contribution is -2.35. The van der Waals surface area contributed by atoms with E-state index in [-0.39, 0.29) is 23.8 Å². The average Bonchev–Trinajstić information content (AvgIpc) is 2.46. The summed E-state index contributed by atoms with van der Waals surface area (Å²) in [6.07, 6.45) is 4.45. The van der Waals surface area contributed by atoms with E-state index in [4.69, 9.17) is 9.47 Å². The number of carbonyl (C=O) groups is 2. The number of hydrogen-bond donors (Lipinski definition) is 0. The highest BCUT2D eigenvalue weighted by Gasteiger charge is 2.35. The molecule has 4 nitrogen and oxygen atoms in total. The van der Waals surface area contributed by atoms with Gasteiger partial charge in [-0.3, -0.25) is 9.59 Å². The molecular weight excluding hydrogens is 280 g/mol. The minimum atomic E-state index is -0.405. The number of carbonyl (C=O) groups excluding carboxylic acids is 2. The van der Waals surface area contributed by atoms with Crippen molar-refractivity contribution >= 4 is 11.9 Å². The molecule has 0 amide bonds. The molecule has 0 aromatic carbocycles. The van der Waals surface area contributed by atoms with E-state index >= 15 is 0 Å². The smallest absolute Gasteiger partial charge is 0.309 e. The third-order valence-electron chi connectivity index (χ3n) is 4.85. The first kappa shape index (κ1) is 19.0. The zero-order valence-corrected chi connectivity index (χ0v) is 15.0. The zero-order valence-electron chi connectivity index (χ0n) is 15.0. The van der Waals surface area contributed by atoms with Crippen LogP contribution in [0.15, 0.2) is 0 Å². The van der Waals surface area contributed by atoms with Gasteiger partial charge in [0.05, 0.1) is 11.8 Å². The van der Waals surface area contributed by atoms with Crippen LogP contribution in [0.25, 0.3) is 0 Å². The van der Waals surface area contributed by atoms with Gasteiger partial charge < -0.3 is 9.47 Å². The van der Waals surface area contributed by atoms with Gasteiger partial charge in [0, 0.05) is 0 Å². The first-order valence-corrected chi connectivity index (χ1v) is 8.56. The highest BCUT2D eigenvalue weighted by atomic mass is 16.6. The van der Waals surface area contributed by atoms with Crippen LogP contribution < -0.4 is 0 Å². The fourth-order valence-corrected chi connectivity index (χ4v) is 2.42. The summed E-state index contributed by atoms with van der Waals surface area (Å²) in [4.78, 5) is 24.4. The van der Waals surface area contributed by atoms with E-state index in [1.807, 2.05) is 41.5 Å². The molecule has 22 heavy (non-hydrogen) atoms. The van der Waals surface area contributed by atoms with Gasteiger partial charge >= 0.3 is 11.9 Å². The van der Waals surface area contributed by atoms with Gasteiger partial charge in [-0.05, 0) is 66.2 Å². The summed E-state index contributed by atoms with van der Waals surface area (Å²) in [5.74, 6) is -0.386. The maximum atomic E-state index is 12.2. The molecule has 4 heteroatoms. The predicted octanol–water partition coefficient (Wildman–Crippen LogP) is 4.26. The molecule has 0 radical (unpaired) electrons. The van der Waals surface area contributed by atoms with E-state index in [1.165, 1.54) is 0 Å². The first-order valence-electron chi connectivity index (χ1n) is 8.56. The summed E-state index contributed by atoms with van der Waals surface area (Å²) in [5.41, 5.74) is -0.809. The monoisotopic (exact) mass is 312 g/mol. The molecule has 0 aromatic rings. The minimum absolute atomic E-state index is 0.0749. The lowest BCUT2D eigenvalue weighted by Gasteiger charge is -2.32. The summed E-state index contributed by atoms with van der Waals surface area (Å²) in [6.45, 7) is 11.7. The van der Waals surface area contributed by atoms with Gasteiger partial charge in [0.15, 0.2) is 0 Å². The van der Waals surface area contributed by atoms with Crippen molar-refractivity contribution < 1.29 is 19.1 Å². The van der Waals surface area contributed by atoms with Crippen LogP contribution in [-0.4, -0.2) is 23.1 Å². The van der Waals surface area contributed by atoms with Crippen molar-refractivity contribution in [3.05, 3.63) is 0 Å². The van der Waals surface area contributed by atoms with E-state index in [0.29, 0.717) is 25.7 Å². The van der Waals surface area contributed by atoms with Crippen LogP contribution in [0.4, 0.5) is 0 Å². The van der Waals surface area contributed by atoms with E-state index in [9.17, 15) is 9.59 Å². The Kier molecular flexibility index (Phi) is 6.45. The van der Waals surface area contributed by atoms with Crippen LogP contribution in [-0.2, 0) is 19.1 Å². The maximum Gasteiger partial charge on any atom is 0.309 e. The van der Waals surface area contributed by atoms with Crippen LogP contribution in [0.2, 0.25) is 0 Å². The van der Waals surface area contributed by atoms with Crippen molar-refractivity contribution in [2.75, 3.05) is 0 Å². The molecule has 0 atom stereocenters. The molecule has 1 rings (SSSR count). The summed E-state index contributed by atoms with van der Waals surface area (Å²) in [5, 5.41) is 0. The molecule has 1 aliphatic rings. The average molecular weight is 312 g/mol. The SMILES string of the molecule is CCC(C)(C)OC(=O)C1CCC(C(=O)OC(C)(C)CC)CC1. The lowest BCUT2D eigenvalue weighted by molar-refractivity contribution is -0.168. The Balaban J connectivity index is 2.46. The van der Waals surface area contributed by atoms with Crippen molar-refractivity contribution in [3.63, 3.8) is 0 Å². The quantitative estimate of drug-likeness (QED) is 0.688. The predicted molar refractivity (Wildman–Crippen MR) is 86.4 cm³/mol. The van der Waals surface area contributed by atoms with Crippen LogP contribution in [0, 0.1) is 11.8 Å². The standard InChI is InChI=1S/C18H32O4/c1-7-17(3,4)21-15(19)13-9-11-14(12-10-13)16(20)22-18(5,6)8-2/h13-14H,7-12H2,1-6H3. The van der Waals surface area contributed by atoms with Crippen molar-refractivity contribution in [1.29, 1.82) is 0 Å². The second kappa shape index (κ2) is 7.47. The van der Waals surface area contributed by atoms with Crippen molar-refractivity contribution in [2.24, 2.45) is 11.8 Å². The maximum absolute atomic E-state index is 12.2. The topological polar surface area (TPSA) is 52.6 Å². The molecule has 0 unspecified atom stereocenters. The molecule has 0 heterocycles. The second-order valence-corrected chi connectivity index (χ2v) is 7.62. The van der Waals surface area contributed by atoms with Crippen LogP contribution in [0.1, 0.15) is 80.1 Å². The molecular formula is C18H32O4. The minimum Gasteiger partial charge on any atom is -0.459 e. The molecule has 0 N–H and O–H groups in total. The fraction of sp³-hybridized carbons (Fsp3) is 0.889. The number of ether oxygens (including phenoxy) is 2. The highest BCUT2D eigenvalue weighted by molar-refractivity contribution is 5.75.